The third-order valence-corrected chi connectivity index (χ3v) is 4.64. The van der Waals surface area contributed by atoms with E-state index in [0.717, 1.165) is 32.7 Å². The molecule has 0 saturated heterocycles. The first kappa shape index (κ1) is 17.0. The first-order chi connectivity index (χ1) is 13.2. The Hall–Kier alpha value is -3.46. The Kier molecular flexibility index (Phi) is 4.67. The maximum atomic E-state index is 12.2. The number of fused-ring (bicyclic) bond motifs is 2. The maximum Gasteiger partial charge on any atom is 0.230 e. The number of carbonyl (C=O) groups is 2. The molecule has 3 heteroatoms. The van der Waals surface area contributed by atoms with Gasteiger partial charge in [-0.05, 0) is 32.7 Å². The van der Waals surface area contributed by atoms with Gasteiger partial charge in [0.1, 0.15) is 0 Å². The van der Waals surface area contributed by atoms with Gasteiger partial charge in [-0.2, -0.15) is 0 Å². The van der Waals surface area contributed by atoms with Gasteiger partial charge < -0.3 is 0 Å². The summed E-state index contributed by atoms with van der Waals surface area (Å²) in [5.41, 5.74) is 1.79. The van der Waals surface area contributed by atoms with E-state index in [9.17, 15) is 9.59 Å². The first-order valence-electron chi connectivity index (χ1n) is 8.95. The summed E-state index contributed by atoms with van der Waals surface area (Å²) in [4.78, 5) is 24.5. The molecule has 132 valence electrons. The van der Waals surface area contributed by atoms with E-state index in [2.05, 4.69) is 5.32 Å². The Morgan fingerprint density at radius 3 is 1.41 bits per heavy atom. The zero-order valence-electron chi connectivity index (χ0n) is 14.8. The van der Waals surface area contributed by atoms with Crippen molar-refractivity contribution >= 4 is 33.4 Å². The number of nitrogens with one attached hydrogen (secondary N) is 1. The van der Waals surface area contributed by atoms with E-state index in [1.165, 1.54) is 0 Å². The second kappa shape index (κ2) is 7.42. The molecule has 0 aliphatic rings. The van der Waals surface area contributed by atoms with E-state index in [4.69, 9.17) is 0 Å². The fourth-order valence-electron chi connectivity index (χ4n) is 3.31. The zero-order chi connectivity index (χ0) is 18.6. The Bertz CT molecular complexity index is 1060. The molecular formula is C24H19NO2. The summed E-state index contributed by atoms with van der Waals surface area (Å²) in [6, 6.07) is 27.8. The van der Waals surface area contributed by atoms with Crippen LogP contribution in [0, 0.1) is 0 Å². The highest BCUT2D eigenvalue weighted by Gasteiger charge is 2.10. The number of imide groups is 1. The number of carbonyl (C=O) groups excluding carboxylic acids is 2. The topological polar surface area (TPSA) is 46.2 Å². The molecule has 27 heavy (non-hydrogen) atoms. The lowest BCUT2D eigenvalue weighted by Gasteiger charge is -2.07. The summed E-state index contributed by atoms with van der Waals surface area (Å²) in [6.45, 7) is 0. The predicted molar refractivity (Wildman–Crippen MR) is 108 cm³/mol. The average Bonchev–Trinajstić information content (AvgIpc) is 2.67. The van der Waals surface area contributed by atoms with Crippen molar-refractivity contribution in [3.63, 3.8) is 0 Å². The van der Waals surface area contributed by atoms with Crippen LogP contribution >= 0.6 is 0 Å². The molecule has 0 spiro atoms. The van der Waals surface area contributed by atoms with E-state index >= 15 is 0 Å². The third-order valence-electron chi connectivity index (χ3n) is 4.64. The van der Waals surface area contributed by atoms with Crippen molar-refractivity contribution < 1.29 is 9.59 Å². The van der Waals surface area contributed by atoms with Crippen LogP contribution in [0.15, 0.2) is 84.9 Å². The second-order valence-electron chi connectivity index (χ2n) is 6.69. The number of benzene rings is 4. The lowest BCUT2D eigenvalue weighted by Crippen LogP contribution is -2.32. The molecule has 0 aliphatic heterocycles. The van der Waals surface area contributed by atoms with E-state index < -0.39 is 0 Å². The van der Waals surface area contributed by atoms with E-state index in [-0.39, 0.29) is 24.7 Å². The SMILES string of the molecule is O=C(Cc1ccc2ccccc2c1)NC(=O)Cc1ccc2ccccc2c1. The van der Waals surface area contributed by atoms with Crippen LogP contribution in [0.25, 0.3) is 21.5 Å². The molecule has 0 aromatic heterocycles. The fourth-order valence-corrected chi connectivity index (χ4v) is 3.31. The molecule has 0 aliphatic carbocycles. The molecule has 4 aromatic rings. The molecule has 2 amide bonds. The van der Waals surface area contributed by atoms with Gasteiger partial charge in [0.2, 0.25) is 11.8 Å². The van der Waals surface area contributed by atoms with Crippen molar-refractivity contribution in [3.05, 3.63) is 96.1 Å². The van der Waals surface area contributed by atoms with Crippen molar-refractivity contribution in [2.75, 3.05) is 0 Å². The van der Waals surface area contributed by atoms with E-state index in [1.807, 2.05) is 84.9 Å². The third kappa shape index (κ3) is 4.04. The molecule has 3 nitrogen and oxygen atoms in total. The summed E-state index contributed by atoms with van der Waals surface area (Å²) >= 11 is 0. The number of rotatable bonds is 4. The standard InChI is InChI=1S/C24H19NO2/c26-23(15-17-9-11-19-5-1-3-7-21(19)13-17)25-24(27)16-18-10-12-20-6-2-4-8-22(20)14-18/h1-14H,15-16H2,(H,25,26,27). The van der Waals surface area contributed by atoms with Gasteiger partial charge >= 0.3 is 0 Å². The van der Waals surface area contributed by atoms with Crippen LogP contribution in [0.1, 0.15) is 11.1 Å². The van der Waals surface area contributed by atoms with Crippen LogP contribution in [0.4, 0.5) is 0 Å². The summed E-state index contributed by atoms with van der Waals surface area (Å²) < 4.78 is 0. The predicted octanol–water partition coefficient (Wildman–Crippen LogP) is 4.42. The fraction of sp³-hybridized carbons (Fsp3) is 0.0833. The smallest absolute Gasteiger partial charge is 0.230 e. The molecular weight excluding hydrogens is 334 g/mol. The van der Waals surface area contributed by atoms with Gasteiger partial charge in [-0.15, -0.1) is 0 Å². The van der Waals surface area contributed by atoms with Gasteiger partial charge in [0.15, 0.2) is 0 Å². The van der Waals surface area contributed by atoms with Gasteiger partial charge in [-0.25, -0.2) is 0 Å². The summed E-state index contributed by atoms with van der Waals surface area (Å²) in [5.74, 6) is -0.563. The molecule has 0 fully saturated rings. The minimum atomic E-state index is -0.281. The molecule has 0 unspecified atom stereocenters. The Balaban J connectivity index is 1.39. The summed E-state index contributed by atoms with van der Waals surface area (Å²) in [7, 11) is 0. The second-order valence-corrected chi connectivity index (χ2v) is 6.69. The van der Waals surface area contributed by atoms with E-state index in [1.54, 1.807) is 0 Å². The van der Waals surface area contributed by atoms with Gasteiger partial charge in [0.25, 0.3) is 0 Å². The van der Waals surface area contributed by atoms with Crippen molar-refractivity contribution in [1.82, 2.24) is 5.32 Å². The highest BCUT2D eigenvalue weighted by Crippen LogP contribution is 2.17. The summed E-state index contributed by atoms with van der Waals surface area (Å²) in [6.07, 6.45) is 0.378. The number of amides is 2. The van der Waals surface area contributed by atoms with Gasteiger partial charge in [-0.1, -0.05) is 84.9 Å². The van der Waals surface area contributed by atoms with Crippen molar-refractivity contribution in [2.24, 2.45) is 0 Å². The Morgan fingerprint density at radius 1 is 0.556 bits per heavy atom. The monoisotopic (exact) mass is 353 g/mol. The average molecular weight is 353 g/mol. The molecule has 1 N–H and O–H groups in total. The number of hydrogen-bond acceptors (Lipinski definition) is 2. The molecule has 0 atom stereocenters. The Labute approximate surface area is 157 Å². The molecule has 0 saturated carbocycles. The normalized spacial score (nSPS) is 10.8. The van der Waals surface area contributed by atoms with Crippen LogP contribution in [0.3, 0.4) is 0 Å². The lowest BCUT2D eigenvalue weighted by molar-refractivity contribution is -0.129. The van der Waals surface area contributed by atoms with Gasteiger partial charge in [0.05, 0.1) is 12.8 Å². The highest BCUT2D eigenvalue weighted by atomic mass is 16.2. The van der Waals surface area contributed by atoms with Crippen molar-refractivity contribution in [2.45, 2.75) is 12.8 Å². The molecule has 4 aromatic carbocycles. The van der Waals surface area contributed by atoms with Gasteiger partial charge in [-0.3, -0.25) is 14.9 Å². The molecule has 0 radical (unpaired) electrons. The molecule has 0 heterocycles. The minimum Gasteiger partial charge on any atom is -0.296 e. The van der Waals surface area contributed by atoms with Crippen molar-refractivity contribution in [1.29, 1.82) is 0 Å². The van der Waals surface area contributed by atoms with Crippen LogP contribution in [-0.4, -0.2) is 11.8 Å². The molecule has 4 rings (SSSR count). The van der Waals surface area contributed by atoms with Crippen molar-refractivity contribution in [3.8, 4) is 0 Å². The first-order valence-corrected chi connectivity index (χ1v) is 8.95. The zero-order valence-corrected chi connectivity index (χ0v) is 14.8. The largest absolute Gasteiger partial charge is 0.296 e. The number of hydrogen-bond donors (Lipinski definition) is 1. The van der Waals surface area contributed by atoms with Crippen LogP contribution in [0.5, 0.6) is 0 Å². The van der Waals surface area contributed by atoms with Crippen LogP contribution in [0.2, 0.25) is 0 Å². The van der Waals surface area contributed by atoms with Crippen LogP contribution in [-0.2, 0) is 22.4 Å². The van der Waals surface area contributed by atoms with Gasteiger partial charge in [0, 0.05) is 0 Å². The molecule has 0 bridgehead atoms. The minimum absolute atomic E-state index is 0.189. The summed E-state index contributed by atoms with van der Waals surface area (Å²) in [5, 5.41) is 6.94. The Morgan fingerprint density at radius 2 is 0.963 bits per heavy atom. The van der Waals surface area contributed by atoms with E-state index in [0.29, 0.717) is 0 Å². The highest BCUT2D eigenvalue weighted by molar-refractivity contribution is 5.97. The van der Waals surface area contributed by atoms with Crippen LogP contribution < -0.4 is 5.32 Å². The maximum absolute atomic E-state index is 12.2. The quantitative estimate of drug-likeness (QED) is 0.590. The lowest BCUT2D eigenvalue weighted by atomic mass is 10.0.